The molecule has 3 heterocycles. The second kappa shape index (κ2) is 7.02. The Hall–Kier alpha value is -2.74. The molecular formula is C17H18N4O3S. The molecule has 0 bridgehead atoms. The molecule has 3 rings (SSSR count). The maximum atomic E-state index is 12.6. The predicted octanol–water partition coefficient (Wildman–Crippen LogP) is 1.79. The lowest BCUT2D eigenvalue weighted by Crippen LogP contribution is -2.32. The molecule has 0 spiro atoms. The second-order valence-corrected chi connectivity index (χ2v) is 6.83. The smallest absolute Gasteiger partial charge is 0.262 e. The second-order valence-electron chi connectivity index (χ2n) is 5.62. The van der Waals surface area contributed by atoms with Crippen molar-refractivity contribution in [3.05, 3.63) is 51.0 Å². The van der Waals surface area contributed by atoms with Gasteiger partial charge in [-0.05, 0) is 31.0 Å². The van der Waals surface area contributed by atoms with Crippen LogP contribution in [0.25, 0.3) is 10.2 Å². The van der Waals surface area contributed by atoms with E-state index in [0.717, 1.165) is 16.0 Å². The van der Waals surface area contributed by atoms with Gasteiger partial charge in [0.2, 0.25) is 11.8 Å². The van der Waals surface area contributed by atoms with E-state index in [2.05, 4.69) is 15.3 Å². The molecule has 1 amide bonds. The van der Waals surface area contributed by atoms with Crippen LogP contribution < -0.4 is 15.6 Å². The van der Waals surface area contributed by atoms with Crippen LogP contribution in [0.4, 0.5) is 0 Å². The zero-order valence-electron chi connectivity index (χ0n) is 14.2. The van der Waals surface area contributed by atoms with Crippen LogP contribution in [0, 0.1) is 13.8 Å². The summed E-state index contributed by atoms with van der Waals surface area (Å²) in [5.74, 6) is 0.226. The summed E-state index contributed by atoms with van der Waals surface area (Å²) in [5.41, 5.74) is 1.61. The number of aryl methyl sites for hydroxylation is 2. The van der Waals surface area contributed by atoms with Crippen LogP contribution in [0.1, 0.15) is 16.0 Å². The number of nitrogens with zero attached hydrogens (tertiary/aromatic N) is 3. The minimum atomic E-state index is -0.261. The molecule has 130 valence electrons. The fourth-order valence-electron chi connectivity index (χ4n) is 2.47. The molecule has 0 fully saturated rings. The summed E-state index contributed by atoms with van der Waals surface area (Å²) in [7, 11) is 1.54. The molecule has 0 aliphatic heterocycles. The fourth-order valence-corrected chi connectivity index (χ4v) is 3.45. The van der Waals surface area contributed by atoms with Crippen molar-refractivity contribution in [1.82, 2.24) is 19.9 Å². The van der Waals surface area contributed by atoms with E-state index in [4.69, 9.17) is 4.74 Å². The molecule has 0 saturated carbocycles. The highest BCUT2D eigenvalue weighted by Crippen LogP contribution is 2.25. The van der Waals surface area contributed by atoms with Gasteiger partial charge in [0.15, 0.2) is 0 Å². The van der Waals surface area contributed by atoms with E-state index in [9.17, 15) is 9.59 Å². The molecule has 7 nitrogen and oxygen atoms in total. The summed E-state index contributed by atoms with van der Waals surface area (Å²) in [6.45, 7) is 4.12. The molecular weight excluding hydrogens is 340 g/mol. The van der Waals surface area contributed by atoms with E-state index in [1.165, 1.54) is 29.3 Å². The number of nitrogens with one attached hydrogen (secondary N) is 1. The number of fused-ring (bicyclic) bond motifs is 1. The van der Waals surface area contributed by atoms with Gasteiger partial charge in [-0.15, -0.1) is 11.3 Å². The summed E-state index contributed by atoms with van der Waals surface area (Å²) >= 11 is 1.49. The summed E-state index contributed by atoms with van der Waals surface area (Å²) in [6, 6.07) is 3.54. The average Bonchev–Trinajstić information content (AvgIpc) is 2.91. The fraction of sp³-hybridized carbons (Fsp3) is 0.294. The van der Waals surface area contributed by atoms with E-state index in [1.54, 1.807) is 18.3 Å². The van der Waals surface area contributed by atoms with Crippen LogP contribution in [0.15, 0.2) is 29.5 Å². The van der Waals surface area contributed by atoms with Gasteiger partial charge < -0.3 is 10.1 Å². The molecule has 0 saturated heterocycles. The van der Waals surface area contributed by atoms with Gasteiger partial charge in [0.1, 0.15) is 11.4 Å². The highest BCUT2D eigenvalue weighted by molar-refractivity contribution is 7.18. The minimum absolute atomic E-state index is 0.0711. The monoisotopic (exact) mass is 358 g/mol. The summed E-state index contributed by atoms with van der Waals surface area (Å²) in [4.78, 5) is 34.8. The maximum absolute atomic E-state index is 12.6. The van der Waals surface area contributed by atoms with E-state index in [0.29, 0.717) is 22.6 Å². The Morgan fingerprint density at radius 1 is 1.36 bits per heavy atom. The first-order chi connectivity index (χ1) is 12.0. The van der Waals surface area contributed by atoms with Crippen LogP contribution in [-0.2, 0) is 17.9 Å². The van der Waals surface area contributed by atoms with Crippen molar-refractivity contribution in [2.24, 2.45) is 0 Å². The zero-order chi connectivity index (χ0) is 18.0. The third-order valence-corrected chi connectivity index (χ3v) is 5.08. The molecule has 0 radical (unpaired) electrons. The van der Waals surface area contributed by atoms with Gasteiger partial charge in [-0.3, -0.25) is 14.2 Å². The number of hydrogen-bond donors (Lipinski definition) is 1. The topological polar surface area (TPSA) is 86.1 Å². The van der Waals surface area contributed by atoms with Gasteiger partial charge in [0, 0.05) is 23.7 Å². The van der Waals surface area contributed by atoms with Crippen molar-refractivity contribution in [1.29, 1.82) is 0 Å². The molecule has 0 aliphatic carbocycles. The molecule has 3 aromatic heterocycles. The first-order valence-corrected chi connectivity index (χ1v) is 8.52. The standard InChI is InChI=1S/C17H18N4O3S/c1-10-11(2)25-16-15(10)17(23)21(9-20-16)8-13(22)19-7-12-4-5-18-14(6-12)24-3/h4-6,9H,7-8H2,1-3H3,(H,19,22). The van der Waals surface area contributed by atoms with Crippen LogP contribution in [0.2, 0.25) is 0 Å². The molecule has 3 aromatic rings. The number of aromatic nitrogens is 3. The van der Waals surface area contributed by atoms with E-state index in [-0.39, 0.29) is 18.0 Å². The molecule has 0 aromatic carbocycles. The number of carbonyl (C=O) groups is 1. The maximum Gasteiger partial charge on any atom is 0.262 e. The Morgan fingerprint density at radius 2 is 2.16 bits per heavy atom. The SMILES string of the molecule is COc1cc(CNC(=O)Cn2cnc3sc(C)c(C)c3c2=O)ccn1. The van der Waals surface area contributed by atoms with Crippen LogP contribution >= 0.6 is 11.3 Å². The molecule has 1 N–H and O–H groups in total. The van der Waals surface area contributed by atoms with Crippen molar-refractivity contribution < 1.29 is 9.53 Å². The largest absolute Gasteiger partial charge is 0.481 e. The van der Waals surface area contributed by atoms with Gasteiger partial charge in [0.25, 0.3) is 5.56 Å². The van der Waals surface area contributed by atoms with E-state index < -0.39 is 0 Å². The Labute approximate surface area is 148 Å². The van der Waals surface area contributed by atoms with Crippen molar-refractivity contribution in [2.45, 2.75) is 26.9 Å². The number of ether oxygens (including phenoxy) is 1. The van der Waals surface area contributed by atoms with Gasteiger partial charge in [0.05, 0.1) is 18.8 Å². The lowest BCUT2D eigenvalue weighted by Gasteiger charge is -2.08. The number of amides is 1. The number of pyridine rings is 1. The number of hydrogen-bond acceptors (Lipinski definition) is 6. The van der Waals surface area contributed by atoms with E-state index in [1.807, 2.05) is 13.8 Å². The third kappa shape index (κ3) is 3.53. The predicted molar refractivity (Wildman–Crippen MR) is 96.0 cm³/mol. The molecule has 0 unspecified atom stereocenters. The Bertz CT molecular complexity index is 993. The van der Waals surface area contributed by atoms with Gasteiger partial charge in [-0.1, -0.05) is 0 Å². The van der Waals surface area contributed by atoms with Crippen molar-refractivity contribution >= 4 is 27.5 Å². The minimum Gasteiger partial charge on any atom is -0.481 e. The van der Waals surface area contributed by atoms with Gasteiger partial charge in [-0.25, -0.2) is 9.97 Å². The first-order valence-electron chi connectivity index (χ1n) is 7.70. The summed E-state index contributed by atoms with van der Waals surface area (Å²) in [5, 5.41) is 3.38. The Balaban J connectivity index is 1.72. The van der Waals surface area contributed by atoms with Crippen molar-refractivity contribution in [3.63, 3.8) is 0 Å². The van der Waals surface area contributed by atoms with Gasteiger partial charge >= 0.3 is 0 Å². The van der Waals surface area contributed by atoms with E-state index >= 15 is 0 Å². The van der Waals surface area contributed by atoms with Gasteiger partial charge in [-0.2, -0.15) is 0 Å². The van der Waals surface area contributed by atoms with Crippen molar-refractivity contribution in [2.75, 3.05) is 7.11 Å². The van der Waals surface area contributed by atoms with Crippen LogP contribution in [0.3, 0.4) is 0 Å². The number of methoxy groups -OCH3 is 1. The highest BCUT2D eigenvalue weighted by Gasteiger charge is 2.13. The molecule has 25 heavy (non-hydrogen) atoms. The zero-order valence-corrected chi connectivity index (χ0v) is 15.0. The lowest BCUT2D eigenvalue weighted by atomic mass is 10.2. The van der Waals surface area contributed by atoms with Crippen LogP contribution in [0.5, 0.6) is 5.88 Å². The summed E-state index contributed by atoms with van der Waals surface area (Å²) < 4.78 is 6.39. The first kappa shape index (κ1) is 17.1. The normalized spacial score (nSPS) is 10.8. The molecule has 0 aliphatic rings. The lowest BCUT2D eigenvalue weighted by molar-refractivity contribution is -0.121. The highest BCUT2D eigenvalue weighted by atomic mass is 32.1. The molecule has 0 atom stereocenters. The quantitative estimate of drug-likeness (QED) is 0.751. The summed E-state index contributed by atoms with van der Waals surface area (Å²) in [6.07, 6.45) is 3.04. The number of carbonyl (C=O) groups excluding carboxylic acids is 1. The average molecular weight is 358 g/mol. The Kier molecular flexibility index (Phi) is 4.80. The third-order valence-electron chi connectivity index (χ3n) is 3.97. The number of thiophene rings is 1. The Morgan fingerprint density at radius 3 is 2.92 bits per heavy atom. The van der Waals surface area contributed by atoms with Crippen molar-refractivity contribution in [3.8, 4) is 5.88 Å². The number of rotatable bonds is 5. The van der Waals surface area contributed by atoms with Crippen LogP contribution in [-0.4, -0.2) is 27.6 Å². The molecule has 8 heteroatoms.